The Morgan fingerprint density at radius 3 is 0.400 bits per heavy atom. The molecule has 0 N–H and O–H groups in total. The van der Waals surface area contributed by atoms with Crippen molar-refractivity contribution in [2.24, 2.45) is 0 Å². The summed E-state index contributed by atoms with van der Waals surface area (Å²) in [6.45, 7) is 0. The Morgan fingerprint density at radius 2 is 0.400 bits per heavy atom. The molecule has 0 aliphatic rings. The summed E-state index contributed by atoms with van der Waals surface area (Å²) in [7, 11) is 0. The summed E-state index contributed by atoms with van der Waals surface area (Å²) < 4.78 is 0. The molecule has 5 heavy (non-hydrogen) atoms. The van der Waals surface area contributed by atoms with Crippen LogP contribution < -0.4 is 0 Å². The van der Waals surface area contributed by atoms with Crippen LogP contribution in [-0.2, 0) is 94.6 Å². The largest absolute Gasteiger partial charge is 0 e. The van der Waals surface area contributed by atoms with Crippen molar-refractivity contribution in [3.8, 4) is 0 Å². The average Bonchev–Trinajstić information content (AvgIpc) is 0. The molecule has 0 aliphatic carbocycles. The summed E-state index contributed by atoms with van der Waals surface area (Å²) in [6.07, 6.45) is 0. The fourth-order valence-electron chi connectivity index (χ4n) is 0. The van der Waals surface area contributed by atoms with Gasteiger partial charge in [0.25, 0.3) is 0 Å². The van der Waals surface area contributed by atoms with E-state index in [1.807, 2.05) is 0 Å². The number of hydrogen-bond acceptors (Lipinski definition) is 0. The molecule has 0 bridgehead atoms. The predicted molar refractivity (Wildman–Crippen MR) is 0 cm³/mol. The second-order valence-corrected chi connectivity index (χ2v) is 0. The molecule has 0 rings (SSSR count). The molecule has 0 aromatic carbocycles. The van der Waals surface area contributed by atoms with E-state index in [1.165, 1.54) is 0 Å². The van der Waals surface area contributed by atoms with Gasteiger partial charge in [0.2, 0.25) is 0 Å². The maximum Gasteiger partial charge on any atom is 0 e. The molecule has 0 aromatic rings. The smallest absolute Gasteiger partial charge is 0 e. The van der Waals surface area contributed by atoms with Gasteiger partial charge in [0.1, 0.15) is 0 Å². The van der Waals surface area contributed by atoms with Gasteiger partial charge in [0.15, 0.2) is 0 Å². The van der Waals surface area contributed by atoms with Crippen molar-refractivity contribution in [3.05, 3.63) is 0 Å². The van der Waals surface area contributed by atoms with Crippen LogP contribution in [0.2, 0.25) is 0 Å². The fourth-order valence-corrected chi connectivity index (χ4v) is 0. The van der Waals surface area contributed by atoms with Crippen LogP contribution in [-0.4, -0.2) is 0 Å². The SMILES string of the molecule is [Cu].[Cu].[Cu].[Ti].[Ti]. The molecule has 5 heteroatoms. The molecule has 0 aliphatic heterocycles. The van der Waals surface area contributed by atoms with Crippen molar-refractivity contribution < 1.29 is 94.6 Å². The van der Waals surface area contributed by atoms with E-state index < -0.39 is 0 Å². The quantitative estimate of drug-likeness (QED) is 0.550. The molecule has 0 amide bonds. The van der Waals surface area contributed by atoms with E-state index >= 15 is 0 Å². The van der Waals surface area contributed by atoms with Crippen LogP contribution in [0, 0.1) is 0 Å². The van der Waals surface area contributed by atoms with Gasteiger partial charge in [0.05, 0.1) is 0 Å². The minimum absolute atomic E-state index is 0. The minimum atomic E-state index is 0. The molecule has 0 saturated heterocycles. The van der Waals surface area contributed by atoms with E-state index in [4.69, 9.17) is 0 Å². The molecule has 0 atom stereocenters. The first-order valence-electron chi connectivity index (χ1n) is 0. The zero-order valence-corrected chi connectivity index (χ0v) is 7.85. The van der Waals surface area contributed by atoms with Crippen LogP contribution >= 0.6 is 0 Å². The fraction of sp³-hybridized carbons (Fsp3) is 0. The maximum absolute atomic E-state index is 0. The van der Waals surface area contributed by atoms with Gasteiger partial charge < -0.3 is 0 Å². The van der Waals surface area contributed by atoms with Crippen molar-refractivity contribution in [3.63, 3.8) is 0 Å². The molecule has 41 valence electrons. The Balaban J connectivity index is 0. The zero-order valence-electron chi connectivity index (χ0n) is 1.90. The summed E-state index contributed by atoms with van der Waals surface area (Å²) in [5, 5.41) is 0. The van der Waals surface area contributed by atoms with Gasteiger partial charge in [-0.3, -0.25) is 0 Å². The molecule has 0 nitrogen and oxygen atoms in total. The Morgan fingerprint density at radius 1 is 0.400 bits per heavy atom. The van der Waals surface area contributed by atoms with Crippen LogP contribution in [0.1, 0.15) is 0 Å². The van der Waals surface area contributed by atoms with E-state index in [2.05, 4.69) is 0 Å². The van der Waals surface area contributed by atoms with Gasteiger partial charge in [-0.2, -0.15) is 0 Å². The van der Waals surface area contributed by atoms with Crippen molar-refractivity contribution in [2.45, 2.75) is 0 Å². The Kier molecular flexibility index (Phi) is 245. The molecule has 0 heterocycles. The summed E-state index contributed by atoms with van der Waals surface area (Å²) in [6, 6.07) is 0. The summed E-state index contributed by atoms with van der Waals surface area (Å²) in [5.74, 6) is 0. The average molecular weight is 286 g/mol. The van der Waals surface area contributed by atoms with Crippen LogP contribution in [0.3, 0.4) is 0 Å². The Labute approximate surface area is 93.2 Å². The van der Waals surface area contributed by atoms with Gasteiger partial charge in [-0.25, -0.2) is 0 Å². The summed E-state index contributed by atoms with van der Waals surface area (Å²) >= 11 is 0. The third kappa shape index (κ3) is 19.5. The second-order valence-electron chi connectivity index (χ2n) is 0. The number of rotatable bonds is 0. The van der Waals surface area contributed by atoms with Crippen LogP contribution in [0.5, 0.6) is 0 Å². The predicted octanol–water partition coefficient (Wildman–Crippen LogP) is -0.0125. The second kappa shape index (κ2) is 28.1. The standard InChI is InChI=1S/3Cu.2Ti. The third-order valence-corrected chi connectivity index (χ3v) is 0. The number of hydrogen-bond donors (Lipinski definition) is 0. The molecule has 0 unspecified atom stereocenters. The van der Waals surface area contributed by atoms with E-state index in [9.17, 15) is 0 Å². The zero-order chi connectivity index (χ0) is 0. The van der Waals surface area contributed by atoms with E-state index in [0.717, 1.165) is 0 Å². The van der Waals surface area contributed by atoms with E-state index in [-0.39, 0.29) is 94.6 Å². The first kappa shape index (κ1) is 43.7. The van der Waals surface area contributed by atoms with Gasteiger partial charge in [-0.1, -0.05) is 0 Å². The first-order chi connectivity index (χ1) is 0. The monoisotopic (exact) mass is 285 g/mol. The summed E-state index contributed by atoms with van der Waals surface area (Å²) in [4.78, 5) is 0. The topological polar surface area (TPSA) is 0 Å². The molecular formula is Cu3Ti2. The molecule has 0 aromatic heterocycles. The van der Waals surface area contributed by atoms with Crippen LogP contribution in [0.4, 0.5) is 0 Å². The van der Waals surface area contributed by atoms with Crippen molar-refractivity contribution in [1.82, 2.24) is 0 Å². The summed E-state index contributed by atoms with van der Waals surface area (Å²) in [5.41, 5.74) is 0. The van der Waals surface area contributed by atoms with Crippen LogP contribution in [0.25, 0.3) is 0 Å². The van der Waals surface area contributed by atoms with Crippen molar-refractivity contribution >= 4 is 0 Å². The molecule has 0 saturated carbocycles. The third-order valence-electron chi connectivity index (χ3n) is 0. The van der Waals surface area contributed by atoms with Gasteiger partial charge >= 0.3 is 0 Å². The molecule has 0 spiro atoms. The molecule has 0 fully saturated rings. The first-order valence-corrected chi connectivity index (χ1v) is 0. The maximum atomic E-state index is 0. The molecule has 3 radical (unpaired) electrons. The van der Waals surface area contributed by atoms with Crippen LogP contribution in [0.15, 0.2) is 0 Å². The van der Waals surface area contributed by atoms with Crippen molar-refractivity contribution in [1.29, 1.82) is 0 Å². The van der Waals surface area contributed by atoms with Gasteiger partial charge in [0, 0.05) is 94.6 Å². The Bertz CT molecular complexity index is 4.85. The normalized spacial score (nSPS) is 0. The minimum Gasteiger partial charge on any atom is 0 e. The Hall–Kier alpha value is 2.99. The van der Waals surface area contributed by atoms with Gasteiger partial charge in [-0.15, -0.1) is 0 Å². The molecular weight excluding hydrogens is 286 g/mol. The van der Waals surface area contributed by atoms with Gasteiger partial charge in [-0.05, 0) is 0 Å². The van der Waals surface area contributed by atoms with E-state index in [0.29, 0.717) is 0 Å². The van der Waals surface area contributed by atoms with E-state index in [1.54, 1.807) is 0 Å². The van der Waals surface area contributed by atoms with Crippen molar-refractivity contribution in [2.75, 3.05) is 0 Å².